The zero-order valence-electron chi connectivity index (χ0n) is 14.2. The molecule has 6 nitrogen and oxygen atoms in total. The average Bonchev–Trinajstić information content (AvgIpc) is 3.06. The topological polar surface area (TPSA) is 74.3 Å². The van der Waals surface area contributed by atoms with Crippen molar-refractivity contribution in [2.75, 3.05) is 30.3 Å². The van der Waals surface area contributed by atoms with Gasteiger partial charge >= 0.3 is 0 Å². The maximum atomic E-state index is 12.3. The Bertz CT molecular complexity index is 753. The van der Waals surface area contributed by atoms with Crippen LogP contribution in [-0.4, -0.2) is 41.3 Å². The molecule has 0 radical (unpaired) electrons. The van der Waals surface area contributed by atoms with Crippen molar-refractivity contribution in [2.24, 2.45) is 0 Å². The third kappa shape index (κ3) is 4.87. The molecular weight excluding hydrogens is 336 g/mol. The normalized spacial score (nSPS) is 14.9. The maximum absolute atomic E-state index is 12.3. The first-order valence-corrected chi connectivity index (χ1v) is 9.28. The first-order valence-electron chi connectivity index (χ1n) is 8.47. The average molecular weight is 358 g/mol. The van der Waals surface area contributed by atoms with Gasteiger partial charge in [-0.25, -0.2) is 4.98 Å². The van der Waals surface area contributed by atoms with Gasteiger partial charge in [0.1, 0.15) is 4.88 Å². The third-order valence-corrected chi connectivity index (χ3v) is 5.10. The number of aromatic nitrogens is 1. The minimum absolute atomic E-state index is 0.0814. The van der Waals surface area contributed by atoms with Crippen LogP contribution in [-0.2, 0) is 4.79 Å². The van der Waals surface area contributed by atoms with Crippen LogP contribution in [0.25, 0.3) is 0 Å². The third-order valence-electron chi connectivity index (χ3n) is 4.18. The molecule has 2 heterocycles. The van der Waals surface area contributed by atoms with Gasteiger partial charge in [0.25, 0.3) is 5.91 Å². The van der Waals surface area contributed by atoms with Crippen LogP contribution in [0.2, 0.25) is 0 Å². The van der Waals surface area contributed by atoms with Crippen molar-refractivity contribution >= 4 is 34.0 Å². The number of anilines is 2. The van der Waals surface area contributed by atoms with Gasteiger partial charge in [0.15, 0.2) is 5.13 Å². The van der Waals surface area contributed by atoms with Gasteiger partial charge in [0.2, 0.25) is 5.91 Å². The predicted molar refractivity (Wildman–Crippen MR) is 100 cm³/mol. The number of carbonyl (C=O) groups is 2. The molecule has 2 N–H and O–H groups in total. The Hall–Kier alpha value is -2.25. The van der Waals surface area contributed by atoms with Crippen LogP contribution < -0.4 is 10.6 Å². The van der Waals surface area contributed by atoms with Gasteiger partial charge in [-0.3, -0.25) is 14.5 Å². The Morgan fingerprint density at radius 2 is 1.92 bits per heavy atom. The first kappa shape index (κ1) is 17.6. The van der Waals surface area contributed by atoms with Crippen LogP contribution in [0.4, 0.5) is 10.8 Å². The van der Waals surface area contributed by atoms with E-state index >= 15 is 0 Å². The van der Waals surface area contributed by atoms with E-state index in [1.165, 1.54) is 24.0 Å². The molecule has 1 aliphatic heterocycles. The van der Waals surface area contributed by atoms with E-state index in [1.54, 1.807) is 0 Å². The van der Waals surface area contributed by atoms with Crippen molar-refractivity contribution in [1.82, 2.24) is 9.88 Å². The van der Waals surface area contributed by atoms with Crippen LogP contribution in [0.15, 0.2) is 30.5 Å². The second kappa shape index (κ2) is 8.22. The van der Waals surface area contributed by atoms with E-state index in [-0.39, 0.29) is 11.8 Å². The molecule has 25 heavy (non-hydrogen) atoms. The van der Waals surface area contributed by atoms with Crippen molar-refractivity contribution in [1.29, 1.82) is 0 Å². The van der Waals surface area contributed by atoms with Gasteiger partial charge in [-0.05, 0) is 44.5 Å². The molecule has 1 aromatic heterocycles. The lowest BCUT2D eigenvalue weighted by Crippen LogP contribution is -2.36. The Labute approximate surface area is 151 Å². The molecule has 7 heteroatoms. The van der Waals surface area contributed by atoms with Gasteiger partial charge in [0, 0.05) is 5.69 Å². The van der Waals surface area contributed by atoms with E-state index in [0.717, 1.165) is 37.2 Å². The largest absolute Gasteiger partial charge is 0.321 e. The lowest BCUT2D eigenvalue weighted by molar-refractivity contribution is -0.117. The van der Waals surface area contributed by atoms with Crippen molar-refractivity contribution in [3.05, 3.63) is 40.9 Å². The number of nitrogens with one attached hydrogen (secondary N) is 2. The molecule has 2 aromatic rings. The number of rotatable bonds is 5. The zero-order valence-corrected chi connectivity index (χ0v) is 15.1. The second-order valence-electron chi connectivity index (χ2n) is 6.18. The predicted octanol–water partition coefficient (Wildman–Crippen LogP) is 3.13. The highest BCUT2D eigenvalue weighted by Crippen LogP contribution is 2.21. The molecule has 132 valence electrons. The lowest BCUT2D eigenvalue weighted by atomic mass is 10.1. The number of piperidine rings is 1. The summed E-state index contributed by atoms with van der Waals surface area (Å²) in [6.45, 7) is 4.25. The monoisotopic (exact) mass is 358 g/mol. The van der Waals surface area contributed by atoms with Gasteiger partial charge in [0.05, 0.1) is 12.7 Å². The summed E-state index contributed by atoms with van der Waals surface area (Å²) in [5.74, 6) is -0.301. The van der Waals surface area contributed by atoms with Crippen molar-refractivity contribution in [2.45, 2.75) is 26.2 Å². The fraction of sp³-hybridized carbons (Fsp3) is 0.389. The second-order valence-corrected chi connectivity index (χ2v) is 7.21. The number of hydrogen-bond donors (Lipinski definition) is 2. The molecule has 0 aliphatic carbocycles. The molecule has 0 unspecified atom stereocenters. The summed E-state index contributed by atoms with van der Waals surface area (Å²) in [7, 11) is 0. The highest BCUT2D eigenvalue weighted by molar-refractivity contribution is 7.17. The fourth-order valence-electron chi connectivity index (χ4n) is 2.81. The molecule has 3 rings (SSSR count). The molecular formula is C18H22N4O2S. The molecule has 0 bridgehead atoms. The van der Waals surface area contributed by atoms with Crippen LogP contribution in [0, 0.1) is 6.92 Å². The number of thiazole rings is 1. The molecule has 0 atom stereocenters. The number of hydrogen-bond acceptors (Lipinski definition) is 5. The number of carbonyl (C=O) groups excluding carboxylic acids is 2. The summed E-state index contributed by atoms with van der Waals surface area (Å²) in [6, 6.07) is 7.60. The number of nitrogens with zero attached hydrogens (tertiary/aromatic N) is 2. The number of likely N-dealkylation sites (tertiary alicyclic amines) is 1. The van der Waals surface area contributed by atoms with Crippen molar-refractivity contribution in [3.8, 4) is 0 Å². The lowest BCUT2D eigenvalue weighted by Gasteiger charge is -2.25. The van der Waals surface area contributed by atoms with Crippen LogP contribution in [0.1, 0.15) is 34.5 Å². The number of amides is 2. The molecule has 1 fully saturated rings. The van der Waals surface area contributed by atoms with Crippen LogP contribution in [0.5, 0.6) is 0 Å². The van der Waals surface area contributed by atoms with E-state index in [4.69, 9.17) is 0 Å². The molecule has 2 amide bonds. The van der Waals surface area contributed by atoms with E-state index in [9.17, 15) is 9.59 Å². The Kier molecular flexibility index (Phi) is 5.78. The first-order chi connectivity index (χ1) is 12.1. The fourth-order valence-corrected chi connectivity index (χ4v) is 3.54. The smallest absolute Gasteiger partial charge is 0.267 e. The summed E-state index contributed by atoms with van der Waals surface area (Å²) in [5.41, 5.74) is 1.77. The summed E-state index contributed by atoms with van der Waals surface area (Å²) in [4.78, 5) is 31.2. The molecule has 0 spiro atoms. The Balaban J connectivity index is 1.55. The summed E-state index contributed by atoms with van der Waals surface area (Å²) in [5, 5.41) is 6.11. The Morgan fingerprint density at radius 3 is 2.68 bits per heavy atom. The van der Waals surface area contributed by atoms with Gasteiger partial charge in [-0.15, -0.1) is 0 Å². The minimum Gasteiger partial charge on any atom is -0.321 e. The standard InChI is InChI=1S/C18H22N4O2S/c1-13-7-3-4-8-14(13)20-17(24)15-11-19-18(25-15)21-16(23)12-22-9-5-2-6-10-22/h3-4,7-8,11H,2,5-6,9-10,12H2,1H3,(H,20,24)(H,19,21,23). The van der Waals surface area contributed by atoms with Gasteiger partial charge in [-0.2, -0.15) is 0 Å². The number of benzene rings is 1. The van der Waals surface area contributed by atoms with E-state index in [0.29, 0.717) is 16.6 Å². The summed E-state index contributed by atoms with van der Waals surface area (Å²) in [6.07, 6.45) is 5.03. The molecule has 0 saturated carbocycles. The van der Waals surface area contributed by atoms with Gasteiger partial charge < -0.3 is 10.6 Å². The van der Waals surface area contributed by atoms with Crippen LogP contribution >= 0.6 is 11.3 Å². The maximum Gasteiger partial charge on any atom is 0.267 e. The van der Waals surface area contributed by atoms with E-state index < -0.39 is 0 Å². The molecule has 1 aromatic carbocycles. The number of para-hydroxylation sites is 1. The zero-order chi connectivity index (χ0) is 17.6. The highest BCUT2D eigenvalue weighted by atomic mass is 32.1. The molecule has 1 aliphatic rings. The van der Waals surface area contributed by atoms with E-state index in [2.05, 4.69) is 20.5 Å². The Morgan fingerprint density at radius 1 is 1.16 bits per heavy atom. The van der Waals surface area contributed by atoms with Gasteiger partial charge in [-0.1, -0.05) is 36.0 Å². The van der Waals surface area contributed by atoms with E-state index in [1.807, 2.05) is 31.2 Å². The SMILES string of the molecule is Cc1ccccc1NC(=O)c1cnc(NC(=O)CN2CCCCC2)s1. The number of aryl methyl sites for hydroxylation is 1. The van der Waals surface area contributed by atoms with Crippen molar-refractivity contribution < 1.29 is 9.59 Å². The molecule has 1 saturated heterocycles. The summed E-state index contributed by atoms with van der Waals surface area (Å²) < 4.78 is 0. The highest BCUT2D eigenvalue weighted by Gasteiger charge is 2.16. The van der Waals surface area contributed by atoms with Crippen molar-refractivity contribution in [3.63, 3.8) is 0 Å². The van der Waals surface area contributed by atoms with Crippen LogP contribution in [0.3, 0.4) is 0 Å². The quantitative estimate of drug-likeness (QED) is 0.861. The summed E-state index contributed by atoms with van der Waals surface area (Å²) >= 11 is 1.18. The minimum atomic E-state index is -0.219.